The zero-order valence-electron chi connectivity index (χ0n) is 10.9. The van der Waals surface area contributed by atoms with Crippen LogP contribution in [0.2, 0.25) is 0 Å². The standard InChI is InChI=1S/C15H13N3OS/c1-18(11-8-6-10(7-9-11)14(16)20)15-17-12-4-2-3-5-13(12)19-15/h2-9H,1H3,(H2,16,20). The molecular weight excluding hydrogens is 270 g/mol. The summed E-state index contributed by atoms with van der Waals surface area (Å²) in [4.78, 5) is 6.72. The van der Waals surface area contributed by atoms with Crippen molar-refractivity contribution in [3.63, 3.8) is 0 Å². The van der Waals surface area contributed by atoms with Gasteiger partial charge in [-0.25, -0.2) is 0 Å². The van der Waals surface area contributed by atoms with E-state index in [4.69, 9.17) is 22.4 Å². The molecule has 0 unspecified atom stereocenters. The number of hydrogen-bond acceptors (Lipinski definition) is 4. The first kappa shape index (κ1) is 12.6. The number of oxazole rings is 1. The van der Waals surface area contributed by atoms with Crippen LogP contribution in [0, 0.1) is 0 Å². The number of para-hydroxylation sites is 2. The summed E-state index contributed by atoms with van der Waals surface area (Å²) in [5.41, 5.74) is 9.00. The van der Waals surface area contributed by atoms with E-state index in [-0.39, 0.29) is 0 Å². The fourth-order valence-electron chi connectivity index (χ4n) is 1.96. The van der Waals surface area contributed by atoms with Crippen LogP contribution in [0.15, 0.2) is 52.9 Å². The highest BCUT2D eigenvalue weighted by atomic mass is 32.1. The Labute approximate surface area is 121 Å². The van der Waals surface area contributed by atoms with Gasteiger partial charge in [0.15, 0.2) is 5.58 Å². The highest BCUT2D eigenvalue weighted by molar-refractivity contribution is 7.80. The molecule has 0 saturated heterocycles. The molecule has 3 rings (SSSR count). The average Bonchev–Trinajstić information content (AvgIpc) is 2.90. The Bertz CT molecular complexity index is 731. The van der Waals surface area contributed by atoms with Crippen LogP contribution in [0.1, 0.15) is 5.56 Å². The van der Waals surface area contributed by atoms with Crippen molar-refractivity contribution in [3.05, 3.63) is 54.1 Å². The lowest BCUT2D eigenvalue weighted by Crippen LogP contribution is -2.12. The third-order valence-electron chi connectivity index (χ3n) is 3.11. The number of benzene rings is 2. The molecule has 0 spiro atoms. The van der Waals surface area contributed by atoms with Crippen molar-refractivity contribution >= 4 is 40.0 Å². The van der Waals surface area contributed by atoms with E-state index in [0.29, 0.717) is 11.0 Å². The molecule has 2 N–H and O–H groups in total. The van der Waals surface area contributed by atoms with Crippen LogP contribution >= 0.6 is 12.2 Å². The van der Waals surface area contributed by atoms with Crippen LogP contribution in [0.25, 0.3) is 11.1 Å². The number of fused-ring (bicyclic) bond motifs is 1. The van der Waals surface area contributed by atoms with Crippen LogP contribution in [-0.2, 0) is 0 Å². The minimum absolute atomic E-state index is 0.390. The molecule has 0 aliphatic rings. The number of thiocarbonyl (C=S) groups is 1. The first-order valence-electron chi connectivity index (χ1n) is 6.14. The van der Waals surface area contributed by atoms with Gasteiger partial charge in [-0.2, -0.15) is 4.98 Å². The lowest BCUT2D eigenvalue weighted by molar-refractivity contribution is 0.603. The number of rotatable bonds is 3. The van der Waals surface area contributed by atoms with Crippen LogP contribution in [0.3, 0.4) is 0 Å². The number of anilines is 2. The molecule has 3 aromatic rings. The number of nitrogens with zero attached hydrogens (tertiary/aromatic N) is 2. The second-order valence-electron chi connectivity index (χ2n) is 4.43. The molecule has 1 aromatic heterocycles. The first-order valence-corrected chi connectivity index (χ1v) is 6.55. The molecule has 4 nitrogen and oxygen atoms in total. The van der Waals surface area contributed by atoms with Gasteiger partial charge in [0.25, 0.3) is 0 Å². The molecule has 1 heterocycles. The summed E-state index contributed by atoms with van der Waals surface area (Å²) in [5.74, 6) is 0. The van der Waals surface area contributed by atoms with E-state index in [0.717, 1.165) is 22.4 Å². The third-order valence-corrected chi connectivity index (χ3v) is 3.34. The van der Waals surface area contributed by atoms with Crippen LogP contribution < -0.4 is 10.6 Å². The van der Waals surface area contributed by atoms with Gasteiger partial charge in [0.2, 0.25) is 0 Å². The summed E-state index contributed by atoms with van der Waals surface area (Å²) in [6.45, 7) is 0. The average molecular weight is 283 g/mol. The maximum Gasteiger partial charge on any atom is 0.302 e. The van der Waals surface area contributed by atoms with E-state index < -0.39 is 0 Å². The van der Waals surface area contributed by atoms with Crippen molar-refractivity contribution in [3.8, 4) is 0 Å². The minimum Gasteiger partial charge on any atom is -0.423 e. The molecule has 0 bridgehead atoms. The smallest absolute Gasteiger partial charge is 0.302 e. The predicted molar refractivity (Wildman–Crippen MR) is 84.4 cm³/mol. The highest BCUT2D eigenvalue weighted by Crippen LogP contribution is 2.26. The van der Waals surface area contributed by atoms with Gasteiger partial charge in [0.05, 0.1) is 0 Å². The Morgan fingerprint density at radius 2 is 1.85 bits per heavy atom. The zero-order valence-corrected chi connectivity index (χ0v) is 11.7. The van der Waals surface area contributed by atoms with Crippen LogP contribution in [0.4, 0.5) is 11.7 Å². The summed E-state index contributed by atoms with van der Waals surface area (Å²) < 4.78 is 5.73. The van der Waals surface area contributed by atoms with E-state index in [9.17, 15) is 0 Å². The molecule has 0 amide bonds. The molecule has 0 fully saturated rings. The molecule has 0 radical (unpaired) electrons. The second kappa shape index (κ2) is 4.94. The molecular formula is C15H13N3OS. The van der Waals surface area contributed by atoms with E-state index in [2.05, 4.69) is 4.98 Å². The third kappa shape index (κ3) is 2.23. The van der Waals surface area contributed by atoms with Crippen molar-refractivity contribution in [2.24, 2.45) is 5.73 Å². The van der Waals surface area contributed by atoms with Crippen LogP contribution in [0.5, 0.6) is 0 Å². The Morgan fingerprint density at radius 3 is 2.50 bits per heavy atom. The summed E-state index contributed by atoms with van der Waals surface area (Å²) in [6, 6.07) is 15.9. The largest absolute Gasteiger partial charge is 0.423 e. The quantitative estimate of drug-likeness (QED) is 0.748. The molecule has 0 saturated carbocycles. The van der Waals surface area contributed by atoms with E-state index in [1.54, 1.807) is 0 Å². The Morgan fingerprint density at radius 1 is 1.15 bits per heavy atom. The molecule has 0 aliphatic carbocycles. The maximum atomic E-state index is 5.73. The molecule has 2 aromatic carbocycles. The SMILES string of the molecule is CN(c1ccc(C(N)=S)cc1)c1nc2ccccc2o1. The first-order chi connectivity index (χ1) is 9.65. The van der Waals surface area contributed by atoms with Gasteiger partial charge in [-0.05, 0) is 36.4 Å². The van der Waals surface area contributed by atoms with Gasteiger partial charge in [-0.3, -0.25) is 4.90 Å². The fourth-order valence-corrected chi connectivity index (χ4v) is 2.10. The van der Waals surface area contributed by atoms with Gasteiger partial charge in [0.1, 0.15) is 10.5 Å². The number of hydrogen-bond donors (Lipinski definition) is 1. The van der Waals surface area contributed by atoms with Crippen molar-refractivity contribution in [2.45, 2.75) is 0 Å². The van der Waals surface area contributed by atoms with Crippen molar-refractivity contribution in [1.29, 1.82) is 0 Å². The normalized spacial score (nSPS) is 10.7. The van der Waals surface area contributed by atoms with E-state index in [1.165, 1.54) is 0 Å². The van der Waals surface area contributed by atoms with Gasteiger partial charge < -0.3 is 10.2 Å². The lowest BCUT2D eigenvalue weighted by Gasteiger charge is -2.14. The maximum absolute atomic E-state index is 5.73. The monoisotopic (exact) mass is 283 g/mol. The van der Waals surface area contributed by atoms with Gasteiger partial charge in [-0.1, -0.05) is 24.4 Å². The summed E-state index contributed by atoms with van der Waals surface area (Å²) in [6.07, 6.45) is 0. The number of aromatic nitrogens is 1. The second-order valence-corrected chi connectivity index (χ2v) is 4.87. The van der Waals surface area contributed by atoms with Crippen molar-refractivity contribution < 1.29 is 4.42 Å². The predicted octanol–water partition coefficient (Wildman–Crippen LogP) is 3.23. The van der Waals surface area contributed by atoms with E-state index in [1.807, 2.05) is 60.5 Å². The van der Waals surface area contributed by atoms with Gasteiger partial charge in [-0.15, -0.1) is 0 Å². The van der Waals surface area contributed by atoms with Crippen molar-refractivity contribution in [2.75, 3.05) is 11.9 Å². The molecule has 100 valence electrons. The van der Waals surface area contributed by atoms with Crippen molar-refractivity contribution in [1.82, 2.24) is 4.98 Å². The molecule has 0 aliphatic heterocycles. The van der Waals surface area contributed by atoms with Gasteiger partial charge in [0, 0.05) is 18.3 Å². The Hall–Kier alpha value is -2.40. The number of nitrogens with two attached hydrogens (primary N) is 1. The molecule has 5 heteroatoms. The highest BCUT2D eigenvalue weighted by Gasteiger charge is 2.11. The minimum atomic E-state index is 0.390. The zero-order chi connectivity index (χ0) is 14.1. The van der Waals surface area contributed by atoms with E-state index >= 15 is 0 Å². The molecule has 20 heavy (non-hydrogen) atoms. The topological polar surface area (TPSA) is 55.3 Å². The fraction of sp³-hybridized carbons (Fsp3) is 0.0667. The Kier molecular flexibility index (Phi) is 3.12. The lowest BCUT2D eigenvalue weighted by atomic mass is 10.2. The van der Waals surface area contributed by atoms with Crippen LogP contribution in [-0.4, -0.2) is 17.0 Å². The molecule has 0 atom stereocenters. The summed E-state index contributed by atoms with van der Waals surface area (Å²) in [5, 5.41) is 0. The summed E-state index contributed by atoms with van der Waals surface area (Å²) in [7, 11) is 1.90. The Balaban J connectivity index is 1.94. The van der Waals surface area contributed by atoms with Gasteiger partial charge >= 0.3 is 6.01 Å². The summed E-state index contributed by atoms with van der Waals surface area (Å²) >= 11 is 4.94.